The van der Waals surface area contributed by atoms with Gasteiger partial charge < -0.3 is 5.11 Å². The number of rotatable bonds is 2. The van der Waals surface area contributed by atoms with Gasteiger partial charge in [0, 0.05) is 0 Å². The Balaban J connectivity index is 2.54. The fourth-order valence-corrected chi connectivity index (χ4v) is 2.25. The van der Waals surface area contributed by atoms with Crippen molar-refractivity contribution in [3.05, 3.63) is 0 Å². The lowest BCUT2D eigenvalue weighted by atomic mass is 9.51. The summed E-state index contributed by atoms with van der Waals surface area (Å²) < 4.78 is 0. The molecule has 0 bridgehead atoms. The first-order valence-electron chi connectivity index (χ1n) is 5.00. The first-order chi connectivity index (χ1) is 5.27. The van der Waals surface area contributed by atoms with Crippen LogP contribution in [0, 0.1) is 17.3 Å². The van der Waals surface area contributed by atoms with Gasteiger partial charge in [0.25, 0.3) is 0 Å². The fraction of sp³-hybridized carbons (Fsp3) is 1.00. The molecule has 1 rings (SSSR count). The van der Waals surface area contributed by atoms with Crippen molar-refractivity contribution in [1.82, 2.24) is 0 Å². The molecule has 1 N–H and O–H groups in total. The highest BCUT2D eigenvalue weighted by atomic mass is 16.3. The van der Waals surface area contributed by atoms with Crippen LogP contribution in [0.15, 0.2) is 0 Å². The normalized spacial score (nSPS) is 39.8. The Morgan fingerprint density at radius 3 is 2.08 bits per heavy atom. The molecule has 0 aromatic heterocycles. The van der Waals surface area contributed by atoms with Gasteiger partial charge in [-0.15, -0.1) is 0 Å². The second-order valence-corrected chi connectivity index (χ2v) is 5.53. The molecule has 1 heteroatoms. The maximum atomic E-state index is 9.92. The van der Waals surface area contributed by atoms with Gasteiger partial charge in [0.15, 0.2) is 0 Å². The quantitative estimate of drug-likeness (QED) is 0.675. The van der Waals surface area contributed by atoms with Gasteiger partial charge in [0.1, 0.15) is 0 Å². The van der Waals surface area contributed by atoms with Crippen molar-refractivity contribution in [2.45, 2.75) is 53.1 Å². The zero-order valence-electron chi connectivity index (χ0n) is 9.02. The summed E-state index contributed by atoms with van der Waals surface area (Å²) in [5.41, 5.74) is -0.302. The molecule has 1 saturated carbocycles. The Morgan fingerprint density at radius 1 is 1.33 bits per heavy atom. The number of hydrogen-bond acceptors (Lipinski definition) is 1. The summed E-state index contributed by atoms with van der Waals surface area (Å²) in [7, 11) is 0. The van der Waals surface area contributed by atoms with Crippen LogP contribution in [0.3, 0.4) is 0 Å². The maximum absolute atomic E-state index is 9.92. The van der Waals surface area contributed by atoms with Gasteiger partial charge in [-0.05, 0) is 37.0 Å². The van der Waals surface area contributed by atoms with E-state index >= 15 is 0 Å². The number of aliphatic hydroxyl groups is 1. The van der Waals surface area contributed by atoms with Gasteiger partial charge >= 0.3 is 0 Å². The third kappa shape index (κ3) is 1.39. The summed E-state index contributed by atoms with van der Waals surface area (Å²) in [6.07, 6.45) is 2.24. The summed E-state index contributed by atoms with van der Waals surface area (Å²) in [5.74, 6) is 1.47. The third-order valence-electron chi connectivity index (χ3n) is 3.81. The molecule has 1 aliphatic rings. The molecule has 0 aromatic carbocycles. The summed E-state index contributed by atoms with van der Waals surface area (Å²) in [6.45, 7) is 10.8. The Bertz CT molecular complexity index is 166. The minimum absolute atomic E-state index is 0.122. The Hall–Kier alpha value is -0.0400. The maximum Gasteiger partial charge on any atom is 0.0675 e. The second-order valence-electron chi connectivity index (χ2n) is 5.53. The summed E-state index contributed by atoms with van der Waals surface area (Å²) in [5, 5.41) is 9.92. The summed E-state index contributed by atoms with van der Waals surface area (Å²) >= 11 is 0. The van der Waals surface area contributed by atoms with Crippen LogP contribution in [0.5, 0.6) is 0 Å². The van der Waals surface area contributed by atoms with Crippen LogP contribution in [0.2, 0.25) is 0 Å². The molecule has 0 radical (unpaired) electrons. The van der Waals surface area contributed by atoms with E-state index in [-0.39, 0.29) is 5.41 Å². The van der Waals surface area contributed by atoms with E-state index < -0.39 is 5.60 Å². The van der Waals surface area contributed by atoms with E-state index in [9.17, 15) is 5.11 Å². The zero-order valence-corrected chi connectivity index (χ0v) is 9.02. The standard InChI is InChI=1S/C11H22O/c1-8(2)6-9-7-11(5,12)10(9,3)4/h8-9,12H,6-7H2,1-5H3. The average Bonchev–Trinajstić information content (AvgIpc) is 1.85. The SMILES string of the molecule is CC(C)CC1CC(C)(O)C1(C)C. The first-order valence-corrected chi connectivity index (χ1v) is 5.00. The first kappa shape index (κ1) is 10.0. The van der Waals surface area contributed by atoms with Crippen LogP contribution >= 0.6 is 0 Å². The van der Waals surface area contributed by atoms with Crippen LogP contribution in [0.25, 0.3) is 0 Å². The lowest BCUT2D eigenvalue weighted by molar-refractivity contribution is -0.186. The smallest absolute Gasteiger partial charge is 0.0675 e. The van der Waals surface area contributed by atoms with Crippen molar-refractivity contribution in [2.75, 3.05) is 0 Å². The van der Waals surface area contributed by atoms with Gasteiger partial charge in [-0.2, -0.15) is 0 Å². The second kappa shape index (κ2) is 2.73. The fourth-order valence-electron chi connectivity index (χ4n) is 2.25. The van der Waals surface area contributed by atoms with E-state index in [1.165, 1.54) is 6.42 Å². The molecule has 2 atom stereocenters. The molecule has 1 aliphatic carbocycles. The molecule has 12 heavy (non-hydrogen) atoms. The Morgan fingerprint density at radius 2 is 1.83 bits per heavy atom. The average molecular weight is 170 g/mol. The summed E-state index contributed by atoms with van der Waals surface area (Å²) in [4.78, 5) is 0. The third-order valence-corrected chi connectivity index (χ3v) is 3.81. The van der Waals surface area contributed by atoms with E-state index in [4.69, 9.17) is 0 Å². The van der Waals surface area contributed by atoms with Gasteiger partial charge in [-0.1, -0.05) is 27.7 Å². The van der Waals surface area contributed by atoms with Gasteiger partial charge in [-0.25, -0.2) is 0 Å². The predicted molar refractivity (Wildman–Crippen MR) is 52.0 cm³/mol. The summed E-state index contributed by atoms with van der Waals surface area (Å²) in [6, 6.07) is 0. The lowest BCUT2D eigenvalue weighted by Gasteiger charge is -2.58. The van der Waals surface area contributed by atoms with E-state index in [1.807, 2.05) is 6.92 Å². The van der Waals surface area contributed by atoms with Crippen LogP contribution in [0.1, 0.15) is 47.5 Å². The molecule has 1 nitrogen and oxygen atoms in total. The number of hydrogen-bond donors (Lipinski definition) is 1. The van der Waals surface area contributed by atoms with Gasteiger partial charge in [0.05, 0.1) is 5.60 Å². The molecule has 0 aromatic rings. The predicted octanol–water partition coefficient (Wildman–Crippen LogP) is 2.83. The zero-order chi connectivity index (χ0) is 9.57. The largest absolute Gasteiger partial charge is 0.390 e. The van der Waals surface area contributed by atoms with E-state index in [0.29, 0.717) is 5.92 Å². The van der Waals surface area contributed by atoms with Gasteiger partial charge in [0.2, 0.25) is 0 Å². The van der Waals surface area contributed by atoms with Crippen molar-refractivity contribution in [1.29, 1.82) is 0 Å². The van der Waals surface area contributed by atoms with Crippen LogP contribution < -0.4 is 0 Å². The monoisotopic (exact) mass is 170 g/mol. The molecular weight excluding hydrogens is 148 g/mol. The Kier molecular flexibility index (Phi) is 2.28. The lowest BCUT2D eigenvalue weighted by Crippen LogP contribution is -2.58. The van der Waals surface area contributed by atoms with E-state index in [1.54, 1.807) is 0 Å². The molecule has 72 valence electrons. The molecular formula is C11H22O. The van der Waals surface area contributed by atoms with Crippen molar-refractivity contribution < 1.29 is 5.11 Å². The molecule has 1 fully saturated rings. The van der Waals surface area contributed by atoms with Crippen molar-refractivity contribution >= 4 is 0 Å². The van der Waals surface area contributed by atoms with Crippen LogP contribution in [0.4, 0.5) is 0 Å². The van der Waals surface area contributed by atoms with Gasteiger partial charge in [-0.3, -0.25) is 0 Å². The molecule has 0 amide bonds. The minimum Gasteiger partial charge on any atom is -0.390 e. The topological polar surface area (TPSA) is 20.2 Å². The molecule has 0 saturated heterocycles. The molecule has 2 unspecified atom stereocenters. The highest BCUT2D eigenvalue weighted by molar-refractivity contribution is 5.05. The Labute approximate surface area is 76.2 Å². The molecule has 0 aliphatic heterocycles. The van der Waals surface area contributed by atoms with Crippen molar-refractivity contribution in [2.24, 2.45) is 17.3 Å². The molecule has 0 heterocycles. The highest BCUT2D eigenvalue weighted by Gasteiger charge is 2.55. The van der Waals surface area contributed by atoms with Crippen LogP contribution in [-0.4, -0.2) is 10.7 Å². The van der Waals surface area contributed by atoms with E-state index in [2.05, 4.69) is 27.7 Å². The van der Waals surface area contributed by atoms with E-state index in [0.717, 1.165) is 12.3 Å². The van der Waals surface area contributed by atoms with Crippen LogP contribution in [-0.2, 0) is 0 Å². The van der Waals surface area contributed by atoms with Crippen molar-refractivity contribution in [3.63, 3.8) is 0 Å². The molecule has 0 spiro atoms. The minimum atomic E-state index is -0.424. The van der Waals surface area contributed by atoms with Crippen molar-refractivity contribution in [3.8, 4) is 0 Å². The highest BCUT2D eigenvalue weighted by Crippen LogP contribution is 2.56.